The minimum Gasteiger partial charge on any atom is -0.497 e. The number of halogens is 1. The fourth-order valence-electron chi connectivity index (χ4n) is 2.93. The van der Waals surface area contributed by atoms with E-state index in [-0.39, 0.29) is 11.9 Å². The topological polar surface area (TPSA) is 24.5 Å². The maximum atomic E-state index is 14.0. The van der Waals surface area contributed by atoms with Crippen molar-refractivity contribution in [3.05, 3.63) is 29.6 Å². The SMILES string of the molecule is COc1ccc(C(C)NCC(C)N2CCCCC2)c(F)c1. The molecule has 0 aliphatic carbocycles. The van der Waals surface area contributed by atoms with Crippen LogP contribution in [0.1, 0.15) is 44.7 Å². The molecule has 1 aromatic carbocycles. The highest BCUT2D eigenvalue weighted by Crippen LogP contribution is 2.22. The molecule has 1 aliphatic rings. The van der Waals surface area contributed by atoms with E-state index in [4.69, 9.17) is 4.74 Å². The predicted octanol–water partition coefficient (Wildman–Crippen LogP) is 3.36. The monoisotopic (exact) mass is 294 g/mol. The van der Waals surface area contributed by atoms with E-state index in [1.165, 1.54) is 38.4 Å². The van der Waals surface area contributed by atoms with Crippen LogP contribution in [-0.2, 0) is 0 Å². The van der Waals surface area contributed by atoms with Crippen LogP contribution < -0.4 is 10.1 Å². The van der Waals surface area contributed by atoms with Crippen molar-refractivity contribution in [2.24, 2.45) is 0 Å². The second kappa shape index (κ2) is 7.76. The number of methoxy groups -OCH3 is 1. The number of rotatable bonds is 6. The third-order valence-electron chi connectivity index (χ3n) is 4.41. The quantitative estimate of drug-likeness (QED) is 0.870. The Morgan fingerprint density at radius 1 is 1.24 bits per heavy atom. The van der Waals surface area contributed by atoms with Gasteiger partial charge in [0.25, 0.3) is 0 Å². The van der Waals surface area contributed by atoms with Crippen LogP contribution in [0.25, 0.3) is 0 Å². The van der Waals surface area contributed by atoms with Gasteiger partial charge in [-0.15, -0.1) is 0 Å². The molecule has 0 spiro atoms. The minimum atomic E-state index is -0.208. The Morgan fingerprint density at radius 2 is 1.95 bits per heavy atom. The molecule has 0 saturated carbocycles. The van der Waals surface area contributed by atoms with Crippen LogP contribution in [-0.4, -0.2) is 37.7 Å². The van der Waals surface area contributed by atoms with Gasteiger partial charge in [0.05, 0.1) is 7.11 Å². The van der Waals surface area contributed by atoms with Crippen molar-refractivity contribution in [1.82, 2.24) is 10.2 Å². The fourth-order valence-corrected chi connectivity index (χ4v) is 2.93. The van der Waals surface area contributed by atoms with Crippen LogP contribution in [0.2, 0.25) is 0 Å². The van der Waals surface area contributed by atoms with E-state index in [0.717, 1.165) is 6.54 Å². The second-order valence-corrected chi connectivity index (χ2v) is 5.96. The van der Waals surface area contributed by atoms with Crippen molar-refractivity contribution in [1.29, 1.82) is 0 Å². The van der Waals surface area contributed by atoms with E-state index in [1.807, 2.05) is 13.0 Å². The zero-order valence-corrected chi connectivity index (χ0v) is 13.4. The molecule has 0 bridgehead atoms. The van der Waals surface area contributed by atoms with Gasteiger partial charge in [0.15, 0.2) is 0 Å². The number of benzene rings is 1. The van der Waals surface area contributed by atoms with Gasteiger partial charge < -0.3 is 10.1 Å². The molecule has 2 atom stereocenters. The number of nitrogens with zero attached hydrogens (tertiary/aromatic N) is 1. The molecule has 0 radical (unpaired) electrons. The van der Waals surface area contributed by atoms with Gasteiger partial charge in [-0.2, -0.15) is 0 Å². The highest BCUT2D eigenvalue weighted by atomic mass is 19.1. The van der Waals surface area contributed by atoms with E-state index in [0.29, 0.717) is 17.4 Å². The zero-order chi connectivity index (χ0) is 15.2. The van der Waals surface area contributed by atoms with Crippen molar-refractivity contribution in [2.75, 3.05) is 26.7 Å². The third-order valence-corrected chi connectivity index (χ3v) is 4.41. The first-order valence-corrected chi connectivity index (χ1v) is 7.92. The Labute approximate surface area is 127 Å². The van der Waals surface area contributed by atoms with E-state index in [9.17, 15) is 4.39 Å². The summed E-state index contributed by atoms with van der Waals surface area (Å²) in [6.45, 7) is 7.51. The summed E-state index contributed by atoms with van der Waals surface area (Å²) in [7, 11) is 1.55. The van der Waals surface area contributed by atoms with Crippen molar-refractivity contribution in [3.63, 3.8) is 0 Å². The lowest BCUT2D eigenvalue weighted by atomic mass is 10.1. The van der Waals surface area contributed by atoms with Gasteiger partial charge in [0, 0.05) is 30.3 Å². The summed E-state index contributed by atoms with van der Waals surface area (Å²) in [5.74, 6) is 0.352. The summed E-state index contributed by atoms with van der Waals surface area (Å²) in [4.78, 5) is 2.52. The lowest BCUT2D eigenvalue weighted by molar-refractivity contribution is 0.168. The van der Waals surface area contributed by atoms with Crippen LogP contribution in [0.3, 0.4) is 0 Å². The number of nitrogens with one attached hydrogen (secondary N) is 1. The van der Waals surface area contributed by atoms with Gasteiger partial charge in [0.2, 0.25) is 0 Å². The Morgan fingerprint density at radius 3 is 2.57 bits per heavy atom. The van der Waals surface area contributed by atoms with E-state index in [2.05, 4.69) is 17.1 Å². The van der Waals surface area contributed by atoms with E-state index < -0.39 is 0 Å². The first-order valence-electron chi connectivity index (χ1n) is 7.92. The highest BCUT2D eigenvalue weighted by Gasteiger charge is 2.18. The molecule has 21 heavy (non-hydrogen) atoms. The molecule has 4 heteroatoms. The molecule has 0 aromatic heterocycles. The molecule has 1 heterocycles. The Kier molecular flexibility index (Phi) is 6.00. The van der Waals surface area contributed by atoms with Crippen LogP contribution in [0, 0.1) is 5.82 Å². The van der Waals surface area contributed by atoms with Gasteiger partial charge in [-0.1, -0.05) is 12.5 Å². The fraction of sp³-hybridized carbons (Fsp3) is 0.647. The maximum absolute atomic E-state index is 14.0. The molecule has 1 aliphatic heterocycles. The van der Waals surface area contributed by atoms with Gasteiger partial charge in [-0.3, -0.25) is 4.90 Å². The molecule has 0 amide bonds. The Hall–Kier alpha value is -1.13. The Bertz CT molecular complexity index is 446. The third kappa shape index (κ3) is 4.42. The molecular formula is C17H27FN2O. The number of hydrogen-bond donors (Lipinski definition) is 1. The van der Waals surface area contributed by atoms with E-state index in [1.54, 1.807) is 13.2 Å². The molecule has 2 unspecified atom stereocenters. The Balaban J connectivity index is 1.87. The molecule has 1 saturated heterocycles. The standard InChI is InChI=1S/C17H27FN2O/c1-13(20-9-5-4-6-10-20)12-19-14(2)16-8-7-15(21-3)11-17(16)18/h7-8,11,13-14,19H,4-6,9-10,12H2,1-3H3. The second-order valence-electron chi connectivity index (χ2n) is 5.96. The van der Waals surface area contributed by atoms with Crippen LogP contribution in [0.5, 0.6) is 5.75 Å². The first kappa shape index (κ1) is 16.2. The molecule has 3 nitrogen and oxygen atoms in total. The smallest absolute Gasteiger partial charge is 0.131 e. The zero-order valence-electron chi connectivity index (χ0n) is 13.4. The van der Waals surface area contributed by atoms with Crippen molar-refractivity contribution in [3.8, 4) is 5.75 Å². The van der Waals surface area contributed by atoms with Crippen molar-refractivity contribution in [2.45, 2.75) is 45.2 Å². The average Bonchev–Trinajstić information content (AvgIpc) is 2.52. The molecule has 1 aromatic rings. The lowest BCUT2D eigenvalue weighted by Gasteiger charge is -2.33. The predicted molar refractivity (Wildman–Crippen MR) is 84.3 cm³/mol. The van der Waals surface area contributed by atoms with Gasteiger partial charge in [0.1, 0.15) is 11.6 Å². The van der Waals surface area contributed by atoms with Gasteiger partial charge in [-0.25, -0.2) is 4.39 Å². The molecule has 2 rings (SSSR count). The van der Waals surface area contributed by atoms with Crippen molar-refractivity contribution < 1.29 is 9.13 Å². The molecular weight excluding hydrogens is 267 g/mol. The van der Waals surface area contributed by atoms with Crippen LogP contribution in [0.15, 0.2) is 18.2 Å². The molecule has 1 fully saturated rings. The summed E-state index contributed by atoms with van der Waals surface area (Å²) in [6.07, 6.45) is 3.95. The average molecular weight is 294 g/mol. The summed E-state index contributed by atoms with van der Waals surface area (Å²) in [5.41, 5.74) is 0.696. The van der Waals surface area contributed by atoms with Gasteiger partial charge in [-0.05, 0) is 45.8 Å². The number of likely N-dealkylation sites (tertiary alicyclic amines) is 1. The molecule has 1 N–H and O–H groups in total. The normalized spacial score (nSPS) is 19.2. The maximum Gasteiger partial charge on any atom is 0.131 e. The minimum absolute atomic E-state index is 0.00291. The lowest BCUT2D eigenvalue weighted by Crippen LogP contribution is -2.43. The van der Waals surface area contributed by atoms with Crippen LogP contribution >= 0.6 is 0 Å². The summed E-state index contributed by atoms with van der Waals surface area (Å²) in [6, 6.07) is 5.56. The number of hydrogen-bond acceptors (Lipinski definition) is 3. The first-order chi connectivity index (χ1) is 10.1. The highest BCUT2D eigenvalue weighted by molar-refractivity contribution is 5.30. The summed E-state index contributed by atoms with van der Waals surface area (Å²) >= 11 is 0. The number of piperidine rings is 1. The van der Waals surface area contributed by atoms with E-state index >= 15 is 0 Å². The largest absolute Gasteiger partial charge is 0.497 e. The summed E-state index contributed by atoms with van der Waals surface area (Å²) < 4.78 is 19.1. The summed E-state index contributed by atoms with van der Waals surface area (Å²) in [5, 5.41) is 3.45. The van der Waals surface area contributed by atoms with Crippen LogP contribution in [0.4, 0.5) is 4.39 Å². The van der Waals surface area contributed by atoms with Crippen molar-refractivity contribution >= 4 is 0 Å². The molecule has 118 valence electrons. The number of ether oxygens (including phenoxy) is 1. The van der Waals surface area contributed by atoms with Gasteiger partial charge >= 0.3 is 0 Å².